The Labute approximate surface area is 299 Å². The van der Waals surface area contributed by atoms with Crippen LogP contribution >= 0.6 is 0 Å². The van der Waals surface area contributed by atoms with Gasteiger partial charge in [-0.2, -0.15) is 0 Å². The molecule has 1 saturated heterocycles. The summed E-state index contributed by atoms with van der Waals surface area (Å²) in [6.07, 6.45) is 45.2. The SMILES string of the molecule is CC1CCCCC1C1CCC=CC1CC1CCC(C2CCC(C3CCC4C(C3)[C@H]3CCCCC3N([C@H]3CCCC[C@H]3C)C4C)CC2)CC1. The fourth-order valence-corrected chi connectivity index (χ4v) is 15.7. The fourth-order valence-electron chi connectivity index (χ4n) is 15.7. The molecule has 0 N–H and O–H groups in total. The average molecular weight is 658 g/mol. The number of hydrogen-bond donors (Lipinski definition) is 0. The number of fused-ring (bicyclic) bond motifs is 3. The van der Waals surface area contributed by atoms with E-state index in [1.54, 1.807) is 77.0 Å². The Morgan fingerprint density at radius 3 is 1.75 bits per heavy atom. The molecule has 48 heavy (non-hydrogen) atoms. The molecule has 6 saturated carbocycles. The number of likely N-dealkylation sites (tertiary alicyclic amines) is 1. The summed E-state index contributed by atoms with van der Waals surface area (Å²) in [7, 11) is 0. The quantitative estimate of drug-likeness (QED) is 0.257. The summed E-state index contributed by atoms with van der Waals surface area (Å²) in [4.78, 5) is 3.22. The minimum atomic E-state index is 0.850. The van der Waals surface area contributed by atoms with Crippen LogP contribution in [0.1, 0.15) is 188 Å². The van der Waals surface area contributed by atoms with Gasteiger partial charge >= 0.3 is 0 Å². The second kappa shape index (κ2) is 15.7. The van der Waals surface area contributed by atoms with E-state index < -0.39 is 0 Å². The minimum absolute atomic E-state index is 0.850. The lowest BCUT2D eigenvalue weighted by Crippen LogP contribution is -2.64. The Morgan fingerprint density at radius 2 is 1.04 bits per heavy atom. The van der Waals surface area contributed by atoms with E-state index in [-0.39, 0.29) is 0 Å². The van der Waals surface area contributed by atoms with Crippen molar-refractivity contribution >= 4 is 0 Å². The molecule has 1 nitrogen and oxygen atoms in total. The molecule has 7 fully saturated rings. The van der Waals surface area contributed by atoms with Crippen LogP contribution < -0.4 is 0 Å². The van der Waals surface area contributed by atoms with E-state index in [0.717, 1.165) is 95.1 Å². The maximum Gasteiger partial charge on any atom is 0.0132 e. The predicted octanol–water partition coefficient (Wildman–Crippen LogP) is 13.3. The van der Waals surface area contributed by atoms with Gasteiger partial charge in [0, 0.05) is 18.1 Å². The van der Waals surface area contributed by atoms with Crippen LogP contribution in [0.5, 0.6) is 0 Å². The first kappa shape index (κ1) is 34.8. The molecule has 0 aromatic heterocycles. The largest absolute Gasteiger partial charge is 0.294 e. The highest BCUT2D eigenvalue weighted by Crippen LogP contribution is 2.56. The Bertz CT molecular complexity index is 1030. The third kappa shape index (κ3) is 7.19. The molecule has 0 aromatic carbocycles. The summed E-state index contributed by atoms with van der Waals surface area (Å²) < 4.78 is 0. The topological polar surface area (TPSA) is 3.24 Å². The molecule has 0 bridgehead atoms. The van der Waals surface area contributed by atoms with Crippen LogP contribution in [-0.4, -0.2) is 23.0 Å². The van der Waals surface area contributed by atoms with Crippen molar-refractivity contribution in [3.05, 3.63) is 12.2 Å². The molecule has 1 aliphatic heterocycles. The fraction of sp³-hybridized carbons (Fsp3) is 0.957. The Morgan fingerprint density at radius 1 is 0.458 bits per heavy atom. The molecule has 7 aliphatic carbocycles. The van der Waals surface area contributed by atoms with Crippen molar-refractivity contribution in [2.24, 2.45) is 76.9 Å². The van der Waals surface area contributed by atoms with E-state index >= 15 is 0 Å². The van der Waals surface area contributed by atoms with Gasteiger partial charge < -0.3 is 0 Å². The maximum atomic E-state index is 3.22. The van der Waals surface area contributed by atoms with Gasteiger partial charge in [0.25, 0.3) is 0 Å². The second-order valence-electron chi connectivity index (χ2n) is 20.4. The zero-order chi connectivity index (χ0) is 32.6. The first-order valence-electron chi connectivity index (χ1n) is 23.0. The number of piperidine rings is 1. The summed E-state index contributed by atoms with van der Waals surface area (Å²) in [5.74, 6) is 13.3. The first-order valence-corrected chi connectivity index (χ1v) is 23.0. The Balaban J connectivity index is 0.820. The van der Waals surface area contributed by atoms with E-state index in [9.17, 15) is 0 Å². The maximum absolute atomic E-state index is 3.22. The molecule has 1 heterocycles. The van der Waals surface area contributed by atoms with Gasteiger partial charge in [-0.1, -0.05) is 83.8 Å². The van der Waals surface area contributed by atoms with Crippen LogP contribution in [0.3, 0.4) is 0 Å². The van der Waals surface area contributed by atoms with Crippen LogP contribution in [-0.2, 0) is 0 Å². The van der Waals surface area contributed by atoms with Gasteiger partial charge in [0.1, 0.15) is 0 Å². The van der Waals surface area contributed by atoms with Crippen LogP contribution in [0.4, 0.5) is 0 Å². The van der Waals surface area contributed by atoms with Crippen molar-refractivity contribution in [2.45, 2.75) is 206 Å². The second-order valence-corrected chi connectivity index (χ2v) is 20.4. The van der Waals surface area contributed by atoms with Crippen LogP contribution in [0.15, 0.2) is 12.2 Å². The average Bonchev–Trinajstić information content (AvgIpc) is 3.13. The van der Waals surface area contributed by atoms with Crippen molar-refractivity contribution < 1.29 is 0 Å². The number of nitrogens with zero attached hydrogens (tertiary/aromatic N) is 1. The first-order chi connectivity index (χ1) is 23.5. The van der Waals surface area contributed by atoms with E-state index in [1.165, 1.54) is 89.9 Å². The molecule has 12 atom stereocenters. The molecule has 0 aromatic rings. The monoisotopic (exact) mass is 658 g/mol. The number of allylic oxidation sites excluding steroid dienone is 2. The zero-order valence-electron chi connectivity index (χ0n) is 32.2. The van der Waals surface area contributed by atoms with Gasteiger partial charge in [-0.3, -0.25) is 4.90 Å². The Kier molecular flexibility index (Phi) is 11.4. The van der Waals surface area contributed by atoms with Gasteiger partial charge in [-0.15, -0.1) is 0 Å². The highest BCUT2D eigenvalue weighted by molar-refractivity contribution is 5.05. The number of rotatable bonds is 6. The standard InChI is InChI=1S/C47H79N/c1-32-12-4-7-15-41(32)43-16-8-6-14-40(43)30-35-20-22-36(23-21-35)37-24-26-38(27-25-37)39-28-29-42-34(3)48(46-18-10-5-13-33(46)2)47-19-11-9-17-44(47)45(42)31-39/h6,14,32-47H,4-5,7-13,15-31H2,1-3H3/t32?,33-,34?,35?,36?,37?,38?,39?,40?,41?,42?,43?,44-,45?,46+,47?/m1/s1. The number of hydrogen-bond acceptors (Lipinski definition) is 1. The zero-order valence-corrected chi connectivity index (χ0v) is 32.2. The smallest absolute Gasteiger partial charge is 0.0132 e. The predicted molar refractivity (Wildman–Crippen MR) is 205 cm³/mol. The van der Waals surface area contributed by atoms with Gasteiger partial charge in [-0.25, -0.2) is 0 Å². The van der Waals surface area contributed by atoms with Crippen molar-refractivity contribution in [3.8, 4) is 0 Å². The molecular weight excluding hydrogens is 579 g/mol. The summed E-state index contributed by atoms with van der Waals surface area (Å²) in [5, 5.41) is 0. The Hall–Kier alpha value is -0.300. The normalized spacial score (nSPS) is 50.7. The van der Waals surface area contributed by atoms with Crippen LogP contribution in [0.25, 0.3) is 0 Å². The van der Waals surface area contributed by atoms with Crippen molar-refractivity contribution in [1.29, 1.82) is 0 Å². The van der Waals surface area contributed by atoms with Crippen LogP contribution in [0, 0.1) is 76.9 Å². The highest BCUT2D eigenvalue weighted by atomic mass is 15.2. The molecule has 9 unspecified atom stereocenters. The van der Waals surface area contributed by atoms with Gasteiger partial charge in [0.2, 0.25) is 0 Å². The third-order valence-electron chi connectivity index (χ3n) is 18.2. The molecule has 8 aliphatic rings. The molecule has 0 radical (unpaired) electrons. The van der Waals surface area contributed by atoms with Gasteiger partial charge in [-0.05, 0) is 193 Å². The molecule has 1 heteroatoms. The molecular formula is C47H79N. The highest BCUT2D eigenvalue weighted by Gasteiger charge is 2.53. The molecule has 0 spiro atoms. The summed E-state index contributed by atoms with van der Waals surface area (Å²) in [5.41, 5.74) is 0. The third-order valence-corrected chi connectivity index (χ3v) is 18.2. The van der Waals surface area contributed by atoms with Crippen molar-refractivity contribution in [1.82, 2.24) is 4.90 Å². The lowest BCUT2D eigenvalue weighted by atomic mass is 9.55. The van der Waals surface area contributed by atoms with E-state index in [0.29, 0.717) is 0 Å². The van der Waals surface area contributed by atoms with Gasteiger partial charge in [0.05, 0.1) is 0 Å². The van der Waals surface area contributed by atoms with Crippen molar-refractivity contribution in [3.63, 3.8) is 0 Å². The van der Waals surface area contributed by atoms with Gasteiger partial charge in [0.15, 0.2) is 0 Å². The van der Waals surface area contributed by atoms with E-state index in [4.69, 9.17) is 0 Å². The summed E-state index contributed by atoms with van der Waals surface area (Å²) >= 11 is 0. The van der Waals surface area contributed by atoms with E-state index in [2.05, 4.69) is 37.8 Å². The summed E-state index contributed by atoms with van der Waals surface area (Å²) in [6.45, 7) is 7.92. The lowest BCUT2D eigenvalue weighted by molar-refractivity contribution is -0.119. The van der Waals surface area contributed by atoms with Crippen LogP contribution in [0.2, 0.25) is 0 Å². The van der Waals surface area contributed by atoms with E-state index in [1.807, 2.05) is 0 Å². The minimum Gasteiger partial charge on any atom is -0.294 e. The molecule has 0 amide bonds. The molecule has 272 valence electrons. The van der Waals surface area contributed by atoms with Crippen molar-refractivity contribution in [2.75, 3.05) is 0 Å². The summed E-state index contributed by atoms with van der Waals surface area (Å²) in [6, 6.07) is 2.68. The molecule has 8 rings (SSSR count). The lowest BCUT2D eigenvalue weighted by Gasteiger charge is -2.61.